The smallest absolute Gasteiger partial charge is 0.242 e. The molecule has 1 aromatic heterocycles. The molecule has 0 spiro atoms. The largest absolute Gasteiger partial charge is 0.473 e. The van der Waals surface area contributed by atoms with Crippen LogP contribution < -0.4 is 15.8 Å². The second-order valence-electron chi connectivity index (χ2n) is 4.68. The number of rotatable bonds is 7. The SMILES string of the molecule is CCC(CO)(CO)Nc1ncnc(OC(C)C)c1N. The van der Waals surface area contributed by atoms with Crippen LogP contribution in [0.15, 0.2) is 6.33 Å². The van der Waals surface area contributed by atoms with Gasteiger partial charge in [0, 0.05) is 0 Å². The number of nitrogens with one attached hydrogen (secondary N) is 1. The van der Waals surface area contributed by atoms with Crippen LogP contribution >= 0.6 is 0 Å². The molecule has 1 aromatic rings. The minimum Gasteiger partial charge on any atom is -0.473 e. The lowest BCUT2D eigenvalue weighted by atomic mass is 9.98. The second kappa shape index (κ2) is 6.53. The highest BCUT2D eigenvalue weighted by molar-refractivity contribution is 5.67. The van der Waals surface area contributed by atoms with Gasteiger partial charge in [0.15, 0.2) is 5.82 Å². The lowest BCUT2D eigenvalue weighted by Gasteiger charge is -2.30. The Balaban J connectivity index is 3.01. The Hall–Kier alpha value is -1.60. The van der Waals surface area contributed by atoms with Gasteiger partial charge >= 0.3 is 0 Å². The molecule has 0 unspecified atom stereocenters. The molecule has 0 atom stereocenters. The molecule has 0 amide bonds. The average molecular weight is 270 g/mol. The fourth-order valence-corrected chi connectivity index (χ4v) is 1.49. The first-order valence-corrected chi connectivity index (χ1v) is 6.25. The first kappa shape index (κ1) is 15.5. The van der Waals surface area contributed by atoms with Crippen molar-refractivity contribution in [2.45, 2.75) is 38.8 Å². The number of aliphatic hydroxyl groups is 2. The van der Waals surface area contributed by atoms with Crippen molar-refractivity contribution in [3.8, 4) is 5.88 Å². The summed E-state index contributed by atoms with van der Waals surface area (Å²) in [5.41, 5.74) is 5.32. The van der Waals surface area contributed by atoms with Gasteiger partial charge in [-0.3, -0.25) is 0 Å². The molecular formula is C12H22N4O3. The zero-order chi connectivity index (χ0) is 14.5. The Labute approximate surface area is 112 Å². The second-order valence-corrected chi connectivity index (χ2v) is 4.68. The number of aliphatic hydroxyl groups excluding tert-OH is 2. The quantitative estimate of drug-likeness (QED) is 0.566. The molecule has 7 nitrogen and oxygen atoms in total. The third kappa shape index (κ3) is 3.68. The zero-order valence-electron chi connectivity index (χ0n) is 11.6. The van der Waals surface area contributed by atoms with Crippen LogP contribution in [0.2, 0.25) is 0 Å². The number of hydrogen-bond acceptors (Lipinski definition) is 7. The molecule has 0 aliphatic heterocycles. The van der Waals surface area contributed by atoms with E-state index in [1.54, 1.807) is 0 Å². The van der Waals surface area contributed by atoms with E-state index in [4.69, 9.17) is 10.5 Å². The Kier molecular flexibility index (Phi) is 5.31. The molecule has 0 fully saturated rings. The van der Waals surface area contributed by atoms with Crippen molar-refractivity contribution >= 4 is 11.5 Å². The van der Waals surface area contributed by atoms with E-state index < -0.39 is 5.54 Å². The predicted molar refractivity (Wildman–Crippen MR) is 73.0 cm³/mol. The summed E-state index contributed by atoms with van der Waals surface area (Å²) in [6, 6.07) is 0. The standard InChI is InChI=1S/C12H22N4O3/c1-4-12(5-17,6-18)16-10-9(13)11(15-7-14-10)19-8(2)3/h7-8,17-18H,4-6,13H2,1-3H3,(H,14,15,16). The van der Waals surface area contributed by atoms with Crippen molar-refractivity contribution in [2.75, 3.05) is 24.3 Å². The highest BCUT2D eigenvalue weighted by atomic mass is 16.5. The van der Waals surface area contributed by atoms with Gasteiger partial charge in [-0.25, -0.2) is 4.98 Å². The lowest BCUT2D eigenvalue weighted by Crippen LogP contribution is -2.45. The van der Waals surface area contributed by atoms with E-state index in [1.807, 2.05) is 20.8 Å². The van der Waals surface area contributed by atoms with Gasteiger partial charge in [0.1, 0.15) is 12.0 Å². The molecule has 1 rings (SSSR count). The Morgan fingerprint density at radius 3 is 2.47 bits per heavy atom. The van der Waals surface area contributed by atoms with Crippen LogP contribution in [0.5, 0.6) is 5.88 Å². The summed E-state index contributed by atoms with van der Waals surface area (Å²) in [6.45, 7) is 5.12. The van der Waals surface area contributed by atoms with E-state index >= 15 is 0 Å². The molecule has 0 bridgehead atoms. The highest BCUT2D eigenvalue weighted by Crippen LogP contribution is 2.28. The molecule has 0 aliphatic carbocycles. The number of anilines is 2. The van der Waals surface area contributed by atoms with E-state index in [0.717, 1.165) is 0 Å². The number of nitrogens with zero attached hydrogens (tertiary/aromatic N) is 2. The topological polar surface area (TPSA) is 114 Å². The summed E-state index contributed by atoms with van der Waals surface area (Å²) in [4.78, 5) is 7.99. The van der Waals surface area contributed by atoms with Gasteiger partial charge in [-0.1, -0.05) is 6.92 Å². The molecular weight excluding hydrogens is 248 g/mol. The summed E-state index contributed by atoms with van der Waals surface area (Å²) >= 11 is 0. The van der Waals surface area contributed by atoms with Crippen molar-refractivity contribution in [1.82, 2.24) is 9.97 Å². The minimum atomic E-state index is -0.864. The van der Waals surface area contributed by atoms with Crippen LogP contribution in [0.4, 0.5) is 11.5 Å². The van der Waals surface area contributed by atoms with Gasteiger partial charge < -0.3 is 26.0 Å². The maximum Gasteiger partial charge on any atom is 0.242 e. The Morgan fingerprint density at radius 2 is 2.00 bits per heavy atom. The molecule has 0 radical (unpaired) electrons. The molecule has 1 heterocycles. The molecule has 0 aliphatic rings. The van der Waals surface area contributed by atoms with Gasteiger partial charge in [0.25, 0.3) is 0 Å². The third-order valence-corrected chi connectivity index (χ3v) is 2.86. The molecule has 0 saturated heterocycles. The summed E-state index contributed by atoms with van der Waals surface area (Å²) in [7, 11) is 0. The van der Waals surface area contributed by atoms with Crippen molar-refractivity contribution in [3.63, 3.8) is 0 Å². The van der Waals surface area contributed by atoms with E-state index in [0.29, 0.717) is 12.2 Å². The molecule has 0 aromatic carbocycles. The number of nitrogens with two attached hydrogens (primary N) is 1. The van der Waals surface area contributed by atoms with Crippen molar-refractivity contribution in [1.29, 1.82) is 0 Å². The molecule has 108 valence electrons. The lowest BCUT2D eigenvalue weighted by molar-refractivity contribution is 0.132. The molecule has 0 saturated carbocycles. The van der Waals surface area contributed by atoms with Gasteiger partial charge in [0.2, 0.25) is 5.88 Å². The van der Waals surface area contributed by atoms with Crippen LogP contribution in [-0.4, -0.2) is 45.0 Å². The minimum absolute atomic E-state index is 0.0586. The highest BCUT2D eigenvalue weighted by Gasteiger charge is 2.28. The third-order valence-electron chi connectivity index (χ3n) is 2.86. The summed E-state index contributed by atoms with van der Waals surface area (Å²) in [6.07, 6.45) is 1.78. The van der Waals surface area contributed by atoms with E-state index in [-0.39, 0.29) is 30.9 Å². The van der Waals surface area contributed by atoms with Crippen LogP contribution in [0, 0.1) is 0 Å². The first-order chi connectivity index (χ1) is 8.98. The van der Waals surface area contributed by atoms with Crippen molar-refractivity contribution < 1.29 is 14.9 Å². The zero-order valence-corrected chi connectivity index (χ0v) is 11.6. The van der Waals surface area contributed by atoms with Gasteiger partial charge in [-0.2, -0.15) is 4.98 Å². The van der Waals surface area contributed by atoms with E-state index in [2.05, 4.69) is 15.3 Å². The molecule has 5 N–H and O–H groups in total. The van der Waals surface area contributed by atoms with Crippen LogP contribution in [0.1, 0.15) is 27.2 Å². The summed E-state index contributed by atoms with van der Waals surface area (Å²) in [5.74, 6) is 0.629. The monoisotopic (exact) mass is 270 g/mol. The van der Waals surface area contributed by atoms with Crippen LogP contribution in [-0.2, 0) is 0 Å². The van der Waals surface area contributed by atoms with Crippen molar-refractivity contribution in [2.24, 2.45) is 0 Å². The van der Waals surface area contributed by atoms with Gasteiger partial charge in [0.05, 0.1) is 24.9 Å². The fraction of sp³-hybridized carbons (Fsp3) is 0.667. The maximum absolute atomic E-state index is 9.41. The number of ether oxygens (including phenoxy) is 1. The maximum atomic E-state index is 9.41. The Morgan fingerprint density at radius 1 is 1.37 bits per heavy atom. The summed E-state index contributed by atoms with van der Waals surface area (Å²) in [5, 5.41) is 21.8. The molecule has 19 heavy (non-hydrogen) atoms. The van der Waals surface area contributed by atoms with E-state index in [1.165, 1.54) is 6.33 Å². The fourth-order valence-electron chi connectivity index (χ4n) is 1.49. The number of nitrogen functional groups attached to an aromatic ring is 1. The first-order valence-electron chi connectivity index (χ1n) is 6.25. The van der Waals surface area contributed by atoms with Gasteiger partial charge in [-0.05, 0) is 20.3 Å². The van der Waals surface area contributed by atoms with Crippen LogP contribution in [0.25, 0.3) is 0 Å². The van der Waals surface area contributed by atoms with E-state index in [9.17, 15) is 10.2 Å². The number of hydrogen-bond donors (Lipinski definition) is 4. The van der Waals surface area contributed by atoms with Crippen molar-refractivity contribution in [3.05, 3.63) is 6.33 Å². The predicted octanol–water partition coefficient (Wildman–Crippen LogP) is 0.391. The normalized spacial score (nSPS) is 11.7. The molecule has 7 heteroatoms. The van der Waals surface area contributed by atoms with Crippen LogP contribution in [0.3, 0.4) is 0 Å². The van der Waals surface area contributed by atoms with Gasteiger partial charge in [-0.15, -0.1) is 0 Å². The number of aromatic nitrogens is 2. The average Bonchev–Trinajstić information content (AvgIpc) is 2.40. The Bertz CT molecular complexity index is 400. The summed E-state index contributed by atoms with van der Waals surface area (Å²) < 4.78 is 5.46.